The summed E-state index contributed by atoms with van der Waals surface area (Å²) in [6.07, 6.45) is 2.88. The van der Waals surface area contributed by atoms with Crippen LogP contribution in [0.15, 0.2) is 90.0 Å². The second-order valence-corrected chi connectivity index (χ2v) is 11.4. The van der Waals surface area contributed by atoms with Crippen molar-refractivity contribution in [2.75, 3.05) is 13.7 Å². The van der Waals surface area contributed by atoms with Gasteiger partial charge in [0.05, 0.1) is 17.9 Å². The lowest BCUT2D eigenvalue weighted by molar-refractivity contribution is 0.0948. The van der Waals surface area contributed by atoms with Gasteiger partial charge in [-0.1, -0.05) is 71.8 Å². The molecule has 38 heavy (non-hydrogen) atoms. The van der Waals surface area contributed by atoms with Gasteiger partial charge in [0.15, 0.2) is 9.84 Å². The quantitative estimate of drug-likeness (QED) is 0.244. The summed E-state index contributed by atoms with van der Waals surface area (Å²) in [5.74, 6) is -0.151. The Labute approximate surface area is 228 Å². The van der Waals surface area contributed by atoms with Crippen molar-refractivity contribution in [3.8, 4) is 16.9 Å². The molecule has 0 fully saturated rings. The lowest BCUT2D eigenvalue weighted by atomic mass is 10.0. The molecule has 0 aliphatic rings. The molecule has 0 radical (unpaired) electrons. The predicted molar refractivity (Wildman–Crippen MR) is 150 cm³/mol. The van der Waals surface area contributed by atoms with Crippen LogP contribution < -0.4 is 10.1 Å². The van der Waals surface area contributed by atoms with Crippen molar-refractivity contribution in [3.63, 3.8) is 0 Å². The SMILES string of the molecule is COc1ccc(-c2cccc(C)c2)cc1S(=O)(=O)Cc1cccc(CCCNC(=O)c2ncccc2Cl)c1. The molecule has 0 spiro atoms. The van der Waals surface area contributed by atoms with Gasteiger partial charge in [-0.05, 0) is 66.3 Å². The largest absolute Gasteiger partial charge is 0.495 e. The highest BCUT2D eigenvalue weighted by molar-refractivity contribution is 7.90. The standard InChI is InChI=1S/C30H29ClN2O4S/c1-21-7-3-11-24(17-21)25-13-14-27(37-2)28(19-25)38(35,36)20-23-9-4-8-22(18-23)10-5-16-33-30(34)29-26(31)12-6-15-32-29/h3-4,6-9,11-15,17-19H,5,10,16,20H2,1-2H3,(H,33,34). The van der Waals surface area contributed by atoms with Gasteiger partial charge in [-0.25, -0.2) is 13.4 Å². The average molecular weight is 549 g/mol. The Morgan fingerprint density at radius 2 is 1.71 bits per heavy atom. The van der Waals surface area contributed by atoms with E-state index in [2.05, 4.69) is 10.3 Å². The van der Waals surface area contributed by atoms with E-state index in [1.807, 2.05) is 61.5 Å². The lowest BCUT2D eigenvalue weighted by Gasteiger charge is -2.13. The van der Waals surface area contributed by atoms with Crippen LogP contribution in [0.4, 0.5) is 0 Å². The first kappa shape index (κ1) is 27.4. The number of halogens is 1. The smallest absolute Gasteiger partial charge is 0.271 e. The first-order valence-corrected chi connectivity index (χ1v) is 14.2. The molecule has 0 saturated heterocycles. The molecule has 6 nitrogen and oxygen atoms in total. The summed E-state index contributed by atoms with van der Waals surface area (Å²) in [5.41, 5.74) is 4.74. The minimum atomic E-state index is -3.69. The third kappa shape index (κ3) is 6.79. The number of carbonyl (C=O) groups is 1. The van der Waals surface area contributed by atoms with Crippen LogP contribution in [0, 0.1) is 6.92 Å². The zero-order valence-corrected chi connectivity index (χ0v) is 22.9. The van der Waals surface area contributed by atoms with Crippen LogP contribution in [0.3, 0.4) is 0 Å². The van der Waals surface area contributed by atoms with Crippen molar-refractivity contribution in [1.82, 2.24) is 10.3 Å². The molecule has 8 heteroatoms. The van der Waals surface area contributed by atoms with Gasteiger partial charge < -0.3 is 10.1 Å². The molecule has 4 rings (SSSR count). The first-order chi connectivity index (χ1) is 18.3. The van der Waals surface area contributed by atoms with Gasteiger partial charge in [-0.3, -0.25) is 4.79 Å². The van der Waals surface area contributed by atoms with E-state index >= 15 is 0 Å². The number of ether oxygens (including phenoxy) is 1. The van der Waals surface area contributed by atoms with Crippen molar-refractivity contribution in [3.05, 3.63) is 112 Å². The minimum Gasteiger partial charge on any atom is -0.495 e. The summed E-state index contributed by atoms with van der Waals surface area (Å²) in [4.78, 5) is 16.5. The summed E-state index contributed by atoms with van der Waals surface area (Å²) in [6, 6.07) is 24.0. The van der Waals surface area contributed by atoms with Crippen LogP contribution in [0.25, 0.3) is 11.1 Å². The monoisotopic (exact) mass is 548 g/mol. The van der Waals surface area contributed by atoms with Crippen LogP contribution in [0.5, 0.6) is 5.75 Å². The number of hydrogen-bond acceptors (Lipinski definition) is 5. The van der Waals surface area contributed by atoms with Crippen LogP contribution in [0.2, 0.25) is 5.02 Å². The second-order valence-electron chi connectivity index (χ2n) is 9.01. The molecule has 196 valence electrons. The van der Waals surface area contributed by atoms with Gasteiger partial charge in [-0.15, -0.1) is 0 Å². The number of pyridine rings is 1. The Balaban J connectivity index is 1.44. The summed E-state index contributed by atoms with van der Waals surface area (Å²) < 4.78 is 32.4. The summed E-state index contributed by atoms with van der Waals surface area (Å²) >= 11 is 6.03. The van der Waals surface area contributed by atoms with Gasteiger partial charge in [-0.2, -0.15) is 0 Å². The maximum atomic E-state index is 13.5. The Morgan fingerprint density at radius 3 is 2.47 bits per heavy atom. The highest BCUT2D eigenvalue weighted by atomic mass is 35.5. The van der Waals surface area contributed by atoms with Gasteiger partial charge in [0, 0.05) is 12.7 Å². The Bertz CT molecular complexity index is 1550. The maximum Gasteiger partial charge on any atom is 0.271 e. The molecule has 0 aliphatic carbocycles. The highest BCUT2D eigenvalue weighted by Gasteiger charge is 2.21. The molecule has 0 bridgehead atoms. The molecule has 0 unspecified atom stereocenters. The minimum absolute atomic E-state index is 0.149. The molecule has 1 N–H and O–H groups in total. The van der Waals surface area contributed by atoms with Gasteiger partial charge in [0.25, 0.3) is 5.91 Å². The average Bonchev–Trinajstić information content (AvgIpc) is 2.91. The summed E-state index contributed by atoms with van der Waals surface area (Å²) in [6.45, 7) is 2.44. The second kappa shape index (κ2) is 12.2. The normalized spacial score (nSPS) is 11.2. The zero-order chi connectivity index (χ0) is 27.1. The molecule has 0 atom stereocenters. The number of methoxy groups -OCH3 is 1. The molecule has 1 heterocycles. The fraction of sp³-hybridized carbons (Fsp3) is 0.200. The molecule has 4 aromatic rings. The van der Waals surface area contributed by atoms with E-state index in [0.29, 0.717) is 35.7 Å². The van der Waals surface area contributed by atoms with E-state index in [4.69, 9.17) is 16.3 Å². The predicted octanol–water partition coefficient (Wildman–Crippen LogP) is 6.06. The fourth-order valence-corrected chi connectivity index (χ4v) is 5.97. The van der Waals surface area contributed by atoms with Crippen LogP contribution in [-0.4, -0.2) is 33.0 Å². The molecule has 1 aromatic heterocycles. The van der Waals surface area contributed by atoms with Crippen molar-refractivity contribution < 1.29 is 17.9 Å². The number of carbonyl (C=O) groups excluding carboxylic acids is 1. The van der Waals surface area contributed by atoms with Crippen molar-refractivity contribution in [2.45, 2.75) is 30.4 Å². The first-order valence-electron chi connectivity index (χ1n) is 12.2. The fourth-order valence-electron chi connectivity index (χ4n) is 4.23. The van der Waals surface area contributed by atoms with Crippen LogP contribution in [0.1, 0.15) is 33.6 Å². The van der Waals surface area contributed by atoms with E-state index in [0.717, 1.165) is 22.3 Å². The molecule has 3 aromatic carbocycles. The number of amides is 1. The molecule has 1 amide bonds. The van der Waals surface area contributed by atoms with E-state index in [1.54, 1.807) is 24.3 Å². The molecular weight excluding hydrogens is 520 g/mol. The number of nitrogens with zero attached hydrogens (tertiary/aromatic N) is 1. The topological polar surface area (TPSA) is 85.4 Å². The Kier molecular flexibility index (Phi) is 8.81. The van der Waals surface area contributed by atoms with E-state index in [1.165, 1.54) is 13.3 Å². The molecular formula is C30H29ClN2O4S. The summed E-state index contributed by atoms with van der Waals surface area (Å²) in [7, 11) is -2.21. The zero-order valence-electron chi connectivity index (χ0n) is 21.3. The number of aromatic nitrogens is 1. The number of nitrogens with one attached hydrogen (secondary N) is 1. The van der Waals surface area contributed by atoms with E-state index < -0.39 is 9.84 Å². The highest BCUT2D eigenvalue weighted by Crippen LogP contribution is 2.32. The van der Waals surface area contributed by atoms with Crippen molar-refractivity contribution in [2.24, 2.45) is 0 Å². The maximum absolute atomic E-state index is 13.5. The van der Waals surface area contributed by atoms with Gasteiger partial charge >= 0.3 is 0 Å². The van der Waals surface area contributed by atoms with E-state index in [9.17, 15) is 13.2 Å². The third-order valence-corrected chi connectivity index (χ3v) is 8.11. The van der Waals surface area contributed by atoms with Crippen LogP contribution >= 0.6 is 11.6 Å². The number of rotatable bonds is 10. The number of sulfone groups is 1. The Morgan fingerprint density at radius 1 is 0.947 bits per heavy atom. The van der Waals surface area contributed by atoms with Gasteiger partial charge in [0.2, 0.25) is 0 Å². The van der Waals surface area contributed by atoms with Gasteiger partial charge in [0.1, 0.15) is 16.3 Å². The van der Waals surface area contributed by atoms with Crippen molar-refractivity contribution >= 4 is 27.3 Å². The Hall–Kier alpha value is -3.68. The third-order valence-electron chi connectivity index (χ3n) is 6.10. The van der Waals surface area contributed by atoms with Crippen molar-refractivity contribution in [1.29, 1.82) is 0 Å². The van der Waals surface area contributed by atoms with E-state index in [-0.39, 0.29) is 22.2 Å². The molecule has 0 saturated carbocycles. The lowest BCUT2D eigenvalue weighted by Crippen LogP contribution is -2.26. The summed E-state index contributed by atoms with van der Waals surface area (Å²) in [5, 5.41) is 3.13. The number of hydrogen-bond donors (Lipinski definition) is 1. The number of aryl methyl sites for hydroxylation is 2. The van der Waals surface area contributed by atoms with Crippen LogP contribution in [-0.2, 0) is 22.0 Å². The molecule has 0 aliphatic heterocycles. The number of benzene rings is 3.